The fourth-order valence-corrected chi connectivity index (χ4v) is 2.80. The van der Waals surface area contributed by atoms with E-state index in [1.165, 1.54) is 44.1 Å². The van der Waals surface area contributed by atoms with E-state index in [9.17, 15) is 0 Å². The van der Waals surface area contributed by atoms with Gasteiger partial charge in [0.1, 0.15) is 11.6 Å². The third-order valence-electron chi connectivity index (χ3n) is 3.63. The summed E-state index contributed by atoms with van der Waals surface area (Å²) < 4.78 is 0. The van der Waals surface area contributed by atoms with Crippen LogP contribution < -0.4 is 16.6 Å². The molecule has 7 heteroatoms. The molecule has 2 rings (SSSR count). The van der Waals surface area contributed by atoms with Gasteiger partial charge in [-0.05, 0) is 39.1 Å². The molecule has 1 aromatic heterocycles. The van der Waals surface area contributed by atoms with E-state index in [1.54, 1.807) is 0 Å². The molecule has 0 amide bonds. The molecule has 6 nitrogen and oxygen atoms in total. The zero-order chi connectivity index (χ0) is 14.4. The smallest absolute Gasteiger partial charge is 0.191 e. The number of thioether (sulfide) groups is 1. The maximum Gasteiger partial charge on any atom is 0.191 e. The van der Waals surface area contributed by atoms with Crippen LogP contribution in [0.2, 0.25) is 0 Å². The third-order valence-corrected chi connectivity index (χ3v) is 4.18. The molecular weight excluding hydrogens is 272 g/mol. The largest absolute Gasteiger partial charge is 0.368 e. The molecule has 0 saturated carbocycles. The van der Waals surface area contributed by atoms with Crippen LogP contribution in [0.3, 0.4) is 0 Å². The van der Waals surface area contributed by atoms with E-state index in [0.717, 1.165) is 12.4 Å². The maximum atomic E-state index is 5.43. The summed E-state index contributed by atoms with van der Waals surface area (Å²) in [6, 6.07) is 2.35. The van der Waals surface area contributed by atoms with Gasteiger partial charge >= 0.3 is 0 Å². The standard InChI is InChI=1S/C13H24N6S/c1-10(19-6-4-3-5-7-19)9-15-11-8-12(18-14)17-13(16-11)20-2/h8,10H,3-7,9,14H2,1-2H3,(H2,15,16,17,18). The topological polar surface area (TPSA) is 79.1 Å². The Labute approximate surface area is 124 Å². The van der Waals surface area contributed by atoms with Crippen LogP contribution in [-0.4, -0.2) is 46.8 Å². The minimum atomic E-state index is 0.511. The molecule has 0 aromatic carbocycles. The number of nitrogens with two attached hydrogens (primary N) is 1. The number of anilines is 2. The summed E-state index contributed by atoms with van der Waals surface area (Å²) in [6.45, 7) is 5.56. The molecule has 1 aliphatic heterocycles. The first-order valence-corrected chi connectivity index (χ1v) is 8.33. The van der Waals surface area contributed by atoms with Crippen LogP contribution in [0.1, 0.15) is 26.2 Å². The highest BCUT2D eigenvalue weighted by molar-refractivity contribution is 7.98. The molecule has 20 heavy (non-hydrogen) atoms. The van der Waals surface area contributed by atoms with E-state index >= 15 is 0 Å². The molecule has 0 spiro atoms. The van der Waals surface area contributed by atoms with Crippen molar-refractivity contribution in [3.8, 4) is 0 Å². The van der Waals surface area contributed by atoms with E-state index in [4.69, 9.17) is 5.84 Å². The van der Waals surface area contributed by atoms with Crippen LogP contribution in [0.5, 0.6) is 0 Å². The van der Waals surface area contributed by atoms with Crippen LogP contribution in [0.25, 0.3) is 0 Å². The van der Waals surface area contributed by atoms with E-state index in [-0.39, 0.29) is 0 Å². The number of hydrazine groups is 1. The van der Waals surface area contributed by atoms with Crippen LogP contribution in [0, 0.1) is 0 Å². The highest BCUT2D eigenvalue weighted by Gasteiger charge is 2.16. The molecule has 0 bridgehead atoms. The Morgan fingerprint density at radius 1 is 1.30 bits per heavy atom. The first-order valence-electron chi connectivity index (χ1n) is 7.10. The molecule has 4 N–H and O–H groups in total. The minimum absolute atomic E-state index is 0.511. The lowest BCUT2D eigenvalue weighted by Crippen LogP contribution is -2.41. The lowest BCUT2D eigenvalue weighted by Gasteiger charge is -2.32. The Morgan fingerprint density at radius 3 is 2.65 bits per heavy atom. The SMILES string of the molecule is CSc1nc(NN)cc(NCC(C)N2CCCCC2)n1. The van der Waals surface area contributed by atoms with Gasteiger partial charge in [-0.1, -0.05) is 18.2 Å². The Kier molecular flexibility index (Phi) is 5.87. The van der Waals surface area contributed by atoms with Gasteiger partial charge < -0.3 is 10.7 Å². The van der Waals surface area contributed by atoms with Gasteiger partial charge in [-0.15, -0.1) is 0 Å². The molecule has 112 valence electrons. The number of nitrogens with zero attached hydrogens (tertiary/aromatic N) is 3. The van der Waals surface area contributed by atoms with Gasteiger partial charge in [0.05, 0.1) is 0 Å². The number of hydrogen-bond acceptors (Lipinski definition) is 7. The van der Waals surface area contributed by atoms with Gasteiger partial charge in [-0.25, -0.2) is 15.8 Å². The highest BCUT2D eigenvalue weighted by Crippen LogP contribution is 2.17. The van der Waals surface area contributed by atoms with Crippen molar-refractivity contribution in [1.29, 1.82) is 0 Å². The molecule has 1 fully saturated rings. The Balaban J connectivity index is 1.92. The van der Waals surface area contributed by atoms with Crippen molar-refractivity contribution in [3.63, 3.8) is 0 Å². The molecule has 1 saturated heterocycles. The van der Waals surface area contributed by atoms with Crippen molar-refractivity contribution in [3.05, 3.63) is 6.07 Å². The molecule has 2 heterocycles. The second-order valence-corrected chi connectivity index (χ2v) is 5.87. The van der Waals surface area contributed by atoms with Gasteiger partial charge in [0.2, 0.25) is 0 Å². The van der Waals surface area contributed by atoms with Crippen LogP contribution >= 0.6 is 11.8 Å². The molecular formula is C13H24N6S. The van der Waals surface area contributed by atoms with E-state index in [0.29, 0.717) is 17.0 Å². The van der Waals surface area contributed by atoms with E-state index in [2.05, 4.69) is 32.5 Å². The average Bonchev–Trinajstić information content (AvgIpc) is 2.53. The second-order valence-electron chi connectivity index (χ2n) is 5.10. The van der Waals surface area contributed by atoms with Crippen LogP contribution in [0.4, 0.5) is 11.6 Å². The van der Waals surface area contributed by atoms with Crippen molar-refractivity contribution in [2.45, 2.75) is 37.4 Å². The van der Waals surface area contributed by atoms with Gasteiger partial charge in [0, 0.05) is 18.7 Å². The second kappa shape index (κ2) is 7.66. The molecule has 1 unspecified atom stereocenters. The number of nitrogens with one attached hydrogen (secondary N) is 2. The normalized spacial score (nSPS) is 17.8. The third kappa shape index (κ3) is 4.22. The van der Waals surface area contributed by atoms with E-state index < -0.39 is 0 Å². The predicted molar refractivity (Wildman–Crippen MR) is 85.0 cm³/mol. The quantitative estimate of drug-likeness (QED) is 0.319. The average molecular weight is 296 g/mol. The Bertz CT molecular complexity index is 399. The highest BCUT2D eigenvalue weighted by atomic mass is 32.2. The summed E-state index contributed by atoms with van der Waals surface area (Å²) in [6.07, 6.45) is 5.95. The number of nitrogen functional groups attached to an aromatic ring is 1. The van der Waals surface area contributed by atoms with Crippen molar-refractivity contribution in [2.24, 2.45) is 5.84 Å². The molecule has 1 aliphatic rings. The zero-order valence-electron chi connectivity index (χ0n) is 12.2. The summed E-state index contributed by atoms with van der Waals surface area (Å²) in [4.78, 5) is 11.2. The number of likely N-dealkylation sites (tertiary alicyclic amines) is 1. The summed E-state index contributed by atoms with van der Waals surface area (Å²) in [7, 11) is 0. The summed E-state index contributed by atoms with van der Waals surface area (Å²) in [5.41, 5.74) is 2.58. The van der Waals surface area contributed by atoms with Crippen molar-refractivity contribution in [2.75, 3.05) is 36.6 Å². The Hall–Kier alpha value is -1.05. The number of piperidine rings is 1. The fraction of sp³-hybridized carbons (Fsp3) is 0.692. The molecule has 1 atom stereocenters. The number of aromatic nitrogens is 2. The number of rotatable bonds is 6. The lowest BCUT2D eigenvalue weighted by molar-refractivity contribution is 0.180. The van der Waals surface area contributed by atoms with E-state index in [1.807, 2.05) is 12.3 Å². The summed E-state index contributed by atoms with van der Waals surface area (Å²) in [5, 5.41) is 4.11. The Morgan fingerprint density at radius 2 is 2.00 bits per heavy atom. The summed E-state index contributed by atoms with van der Waals surface area (Å²) >= 11 is 1.51. The first-order chi connectivity index (χ1) is 9.72. The van der Waals surface area contributed by atoms with Gasteiger partial charge in [-0.2, -0.15) is 0 Å². The maximum absolute atomic E-state index is 5.43. The van der Waals surface area contributed by atoms with Gasteiger partial charge in [0.15, 0.2) is 5.16 Å². The van der Waals surface area contributed by atoms with Crippen LogP contribution in [0.15, 0.2) is 11.2 Å². The summed E-state index contributed by atoms with van der Waals surface area (Å²) in [5.74, 6) is 6.89. The van der Waals surface area contributed by atoms with Crippen molar-refractivity contribution < 1.29 is 0 Å². The monoisotopic (exact) mass is 296 g/mol. The van der Waals surface area contributed by atoms with Crippen molar-refractivity contribution in [1.82, 2.24) is 14.9 Å². The zero-order valence-corrected chi connectivity index (χ0v) is 13.0. The molecule has 0 aliphatic carbocycles. The first kappa shape index (κ1) is 15.3. The fourth-order valence-electron chi connectivity index (χ4n) is 2.42. The van der Waals surface area contributed by atoms with Crippen LogP contribution in [-0.2, 0) is 0 Å². The van der Waals surface area contributed by atoms with Crippen molar-refractivity contribution >= 4 is 23.4 Å². The predicted octanol–water partition coefficient (Wildman–Crippen LogP) is 1.77. The molecule has 1 aromatic rings. The van der Waals surface area contributed by atoms with Gasteiger partial charge in [-0.3, -0.25) is 4.90 Å². The lowest BCUT2D eigenvalue weighted by atomic mass is 10.1. The van der Waals surface area contributed by atoms with Gasteiger partial charge in [0.25, 0.3) is 0 Å². The number of hydrogen-bond donors (Lipinski definition) is 3. The molecule has 0 radical (unpaired) electrons. The minimum Gasteiger partial charge on any atom is -0.368 e.